The minimum Gasteiger partial charge on any atom is -0.395 e. The van der Waals surface area contributed by atoms with Crippen LogP contribution >= 0.6 is 0 Å². The molecule has 17 nitrogen and oxygen atoms in total. The maximum atomic E-state index is 10.0. The van der Waals surface area contributed by atoms with Gasteiger partial charge in [0, 0.05) is 170 Å². The summed E-state index contributed by atoms with van der Waals surface area (Å²) in [5, 5.41) is 57.7. The zero-order chi connectivity index (χ0) is 44.1. The Labute approximate surface area is 362 Å². The predicted octanol–water partition coefficient (Wildman–Crippen LogP) is -3.16. The number of aliphatic hydroxyl groups excluding tert-OH is 6. The second-order valence-corrected chi connectivity index (χ2v) is 16.7. The second kappa shape index (κ2) is 40.1. The van der Waals surface area contributed by atoms with Gasteiger partial charge in [-0.3, -0.25) is 24.5 Å². The molecule has 0 unspecified atom stereocenters. The van der Waals surface area contributed by atoms with E-state index in [-0.39, 0.29) is 39.6 Å². The first-order valence-electron chi connectivity index (χ1n) is 22.8. The number of nitrogens with zero attached hydrogens (tertiary/aromatic N) is 11. The molecule has 0 fully saturated rings. The highest BCUT2D eigenvalue weighted by Crippen LogP contribution is 2.02. The van der Waals surface area contributed by atoms with E-state index in [1.807, 2.05) is 7.05 Å². The maximum absolute atomic E-state index is 10.0. The van der Waals surface area contributed by atoms with Gasteiger partial charge in [-0.25, -0.2) is 0 Å². The van der Waals surface area contributed by atoms with Crippen molar-refractivity contribution in [2.24, 2.45) is 0 Å². The molecule has 0 aliphatic heterocycles. The van der Waals surface area contributed by atoms with Crippen molar-refractivity contribution >= 4 is 0 Å². The number of rotatable bonds is 45. The highest BCUT2D eigenvalue weighted by atomic mass is 16.3. The van der Waals surface area contributed by atoms with E-state index in [1.54, 1.807) is 0 Å². The molecule has 0 saturated heterocycles. The quantitative estimate of drug-likeness (QED) is 0.0365. The third-order valence-corrected chi connectivity index (χ3v) is 11.4. The lowest BCUT2D eigenvalue weighted by molar-refractivity contribution is 0.118. The average molecular weight is 852 g/mol. The number of hydrogen-bond acceptors (Lipinski definition) is 17. The van der Waals surface area contributed by atoms with E-state index in [2.05, 4.69) is 96.1 Å². The Morgan fingerprint density at radius 2 is 0.390 bits per heavy atom. The smallest absolute Gasteiger partial charge is 0.0558 e. The van der Waals surface area contributed by atoms with Crippen molar-refractivity contribution in [3.8, 4) is 0 Å². The number of aliphatic hydroxyl groups is 6. The van der Waals surface area contributed by atoms with Gasteiger partial charge in [0.05, 0.1) is 39.6 Å². The van der Waals surface area contributed by atoms with Gasteiger partial charge in [0.25, 0.3) is 0 Å². The molecule has 0 aliphatic carbocycles. The highest BCUT2D eigenvalue weighted by Gasteiger charge is 2.16. The molecule has 6 N–H and O–H groups in total. The van der Waals surface area contributed by atoms with Gasteiger partial charge < -0.3 is 60.0 Å². The highest BCUT2D eigenvalue weighted by molar-refractivity contribution is 4.73. The fraction of sp³-hybridized carbons (Fsp3) is 1.00. The summed E-state index contributed by atoms with van der Waals surface area (Å²) in [4.78, 5) is 25.7. The second-order valence-electron chi connectivity index (χ2n) is 16.7. The van der Waals surface area contributed by atoms with Crippen LogP contribution in [0.4, 0.5) is 0 Å². The van der Waals surface area contributed by atoms with Gasteiger partial charge in [-0.2, -0.15) is 0 Å². The molecule has 0 aromatic carbocycles. The Balaban J connectivity index is 5.32. The van der Waals surface area contributed by atoms with E-state index in [1.165, 1.54) is 12.8 Å². The lowest BCUT2D eigenvalue weighted by Gasteiger charge is -2.33. The standard InChI is InChI=1S/C42H97N11O6/c1-8-9-10-43(2)13-19-50(26-25-49(20-17-47(6)32-38-55)21-18-48(7)33-39-56)27-28-53(36-42-59)30-29-52(35-41-58)24-16-45(4)15-23-51(34-40-57)22-14-44(3)11-12-46(5)31-37-54/h54-59H,8-42H2,1-7H3. The molecule has 0 radical (unpaired) electrons. The van der Waals surface area contributed by atoms with Crippen LogP contribution in [0.3, 0.4) is 0 Å². The number of hydrogen-bond donors (Lipinski definition) is 6. The molecule has 356 valence electrons. The monoisotopic (exact) mass is 852 g/mol. The van der Waals surface area contributed by atoms with Crippen molar-refractivity contribution in [1.29, 1.82) is 0 Å². The van der Waals surface area contributed by atoms with Gasteiger partial charge in [0.2, 0.25) is 0 Å². The zero-order valence-electron chi connectivity index (χ0n) is 39.4. The van der Waals surface area contributed by atoms with Crippen molar-refractivity contribution in [2.75, 3.05) is 259 Å². The molecule has 59 heavy (non-hydrogen) atoms. The van der Waals surface area contributed by atoms with Crippen LogP contribution < -0.4 is 0 Å². The summed E-state index contributed by atoms with van der Waals surface area (Å²) in [6.07, 6.45) is 2.38. The van der Waals surface area contributed by atoms with Crippen LogP contribution in [0, 0.1) is 0 Å². The molecule has 0 spiro atoms. The fourth-order valence-corrected chi connectivity index (χ4v) is 6.78. The first-order chi connectivity index (χ1) is 28.4. The summed E-state index contributed by atoms with van der Waals surface area (Å²) < 4.78 is 0. The molecule has 0 atom stereocenters. The predicted molar refractivity (Wildman–Crippen MR) is 245 cm³/mol. The lowest BCUT2D eigenvalue weighted by Crippen LogP contribution is -2.47. The van der Waals surface area contributed by atoms with Crippen LogP contribution in [0.2, 0.25) is 0 Å². The van der Waals surface area contributed by atoms with E-state index in [0.29, 0.717) is 39.3 Å². The van der Waals surface area contributed by atoms with E-state index in [9.17, 15) is 25.5 Å². The summed E-state index contributed by atoms with van der Waals surface area (Å²) >= 11 is 0. The third kappa shape index (κ3) is 34.5. The van der Waals surface area contributed by atoms with Crippen molar-refractivity contribution in [2.45, 2.75) is 19.8 Å². The van der Waals surface area contributed by atoms with Crippen LogP contribution in [0.1, 0.15) is 19.8 Å². The minimum absolute atomic E-state index is 0.110. The summed E-state index contributed by atoms with van der Waals surface area (Å²) in [5.41, 5.74) is 0. The molecule has 0 heterocycles. The van der Waals surface area contributed by atoms with Crippen LogP contribution in [-0.4, -0.2) is 343 Å². The zero-order valence-corrected chi connectivity index (χ0v) is 39.4. The number of likely N-dealkylation sites (N-methyl/N-ethyl adjacent to an activating group) is 6. The molecule has 0 aromatic rings. The van der Waals surface area contributed by atoms with E-state index >= 15 is 0 Å². The Morgan fingerprint density at radius 3 is 0.610 bits per heavy atom. The maximum Gasteiger partial charge on any atom is 0.0558 e. The van der Waals surface area contributed by atoms with Crippen molar-refractivity contribution in [3.05, 3.63) is 0 Å². The normalized spacial score (nSPS) is 12.8. The summed E-state index contributed by atoms with van der Waals surface area (Å²) in [6, 6.07) is 0. The summed E-state index contributed by atoms with van der Waals surface area (Å²) in [6.45, 7) is 26.2. The van der Waals surface area contributed by atoms with Crippen LogP contribution in [0.25, 0.3) is 0 Å². The Kier molecular flexibility index (Phi) is 39.7. The van der Waals surface area contributed by atoms with Crippen LogP contribution in [0.5, 0.6) is 0 Å². The van der Waals surface area contributed by atoms with Crippen molar-refractivity contribution in [1.82, 2.24) is 53.9 Å². The molecular formula is C42H97N11O6. The molecule has 0 aliphatic rings. The van der Waals surface area contributed by atoms with Gasteiger partial charge in [0.1, 0.15) is 0 Å². The Morgan fingerprint density at radius 1 is 0.220 bits per heavy atom. The summed E-state index contributed by atoms with van der Waals surface area (Å²) in [7, 11) is 12.6. The summed E-state index contributed by atoms with van der Waals surface area (Å²) in [5.74, 6) is 0. The average Bonchev–Trinajstić information content (AvgIpc) is 3.21. The van der Waals surface area contributed by atoms with E-state index < -0.39 is 0 Å². The molecule has 0 bridgehead atoms. The first kappa shape index (κ1) is 58.3. The lowest BCUT2D eigenvalue weighted by atomic mass is 10.3. The Hall–Kier alpha value is -0.680. The molecular weight excluding hydrogens is 755 g/mol. The van der Waals surface area contributed by atoms with Gasteiger partial charge in [-0.05, 0) is 55.3 Å². The van der Waals surface area contributed by atoms with Crippen molar-refractivity contribution in [3.63, 3.8) is 0 Å². The van der Waals surface area contributed by atoms with Gasteiger partial charge in [-0.15, -0.1) is 0 Å². The van der Waals surface area contributed by atoms with E-state index in [0.717, 1.165) is 137 Å². The van der Waals surface area contributed by atoms with Gasteiger partial charge >= 0.3 is 0 Å². The third-order valence-electron chi connectivity index (χ3n) is 11.4. The molecule has 0 aromatic heterocycles. The van der Waals surface area contributed by atoms with Gasteiger partial charge in [0.15, 0.2) is 0 Å². The SMILES string of the molecule is CCCCN(C)CCN(CCN(CCN(C)CCO)CCN(C)CCO)CCN(CCO)CCN(CCO)CCN(C)CCN(CCO)CCN(C)CCN(C)CCO. The molecule has 17 heteroatoms. The number of unbranched alkanes of at least 4 members (excludes halogenated alkanes) is 1. The largest absolute Gasteiger partial charge is 0.395 e. The fourth-order valence-electron chi connectivity index (χ4n) is 6.78. The molecule has 0 rings (SSSR count). The van der Waals surface area contributed by atoms with Gasteiger partial charge in [-0.1, -0.05) is 13.3 Å². The van der Waals surface area contributed by atoms with Crippen LogP contribution in [-0.2, 0) is 0 Å². The minimum atomic E-state index is 0.110. The van der Waals surface area contributed by atoms with Crippen LogP contribution in [0.15, 0.2) is 0 Å². The Bertz CT molecular complexity index is 879. The topological polar surface area (TPSA) is 157 Å². The molecule has 0 saturated carbocycles. The molecule has 0 amide bonds. The first-order valence-corrected chi connectivity index (χ1v) is 22.8. The van der Waals surface area contributed by atoms with Crippen molar-refractivity contribution < 1.29 is 30.6 Å². The van der Waals surface area contributed by atoms with E-state index in [4.69, 9.17) is 5.11 Å².